The number of carbonyl (C=O) groups excluding carboxylic acids is 1. The molecule has 100 valence electrons. The number of aliphatic hydroxyl groups is 1. The highest BCUT2D eigenvalue weighted by Crippen LogP contribution is 2.08. The lowest BCUT2D eigenvalue weighted by molar-refractivity contribution is -0.123. The van der Waals surface area contributed by atoms with Gasteiger partial charge >= 0.3 is 0 Å². The van der Waals surface area contributed by atoms with Gasteiger partial charge in [-0.05, 0) is 31.6 Å². The van der Waals surface area contributed by atoms with Crippen molar-refractivity contribution in [3.8, 4) is 0 Å². The molecule has 1 unspecified atom stereocenters. The molecule has 0 aliphatic carbocycles. The minimum Gasteiger partial charge on any atom is -0.396 e. The average Bonchev–Trinajstić information content (AvgIpc) is 2.62. The average molecular weight is 260 g/mol. The van der Waals surface area contributed by atoms with Gasteiger partial charge in [-0.3, -0.25) is 4.79 Å². The van der Waals surface area contributed by atoms with Gasteiger partial charge in [-0.15, -0.1) is 0 Å². The summed E-state index contributed by atoms with van der Waals surface area (Å²) in [5.74, 6) is 2.04. The zero-order valence-electron chi connectivity index (χ0n) is 10.4. The number of nitrogens with one attached hydrogen (secondary N) is 2. The van der Waals surface area contributed by atoms with Crippen molar-refractivity contribution in [1.82, 2.24) is 10.6 Å². The van der Waals surface area contributed by atoms with Crippen LogP contribution in [0.15, 0.2) is 0 Å². The molecule has 5 heteroatoms. The number of amides is 1. The maximum atomic E-state index is 11.8. The zero-order valence-corrected chi connectivity index (χ0v) is 11.2. The first-order chi connectivity index (χ1) is 8.34. The van der Waals surface area contributed by atoms with E-state index < -0.39 is 0 Å². The Morgan fingerprint density at radius 1 is 1.35 bits per heavy atom. The van der Waals surface area contributed by atoms with Crippen molar-refractivity contribution in [2.45, 2.75) is 38.1 Å². The highest BCUT2D eigenvalue weighted by atomic mass is 32.2. The lowest BCUT2D eigenvalue weighted by atomic mass is 10.1. The van der Waals surface area contributed by atoms with Crippen molar-refractivity contribution in [3.63, 3.8) is 0 Å². The van der Waals surface area contributed by atoms with E-state index in [1.54, 1.807) is 11.8 Å². The number of hydrogen-bond donors (Lipinski definition) is 3. The van der Waals surface area contributed by atoms with Crippen molar-refractivity contribution in [1.29, 1.82) is 0 Å². The number of rotatable bonds is 7. The molecule has 1 amide bonds. The fourth-order valence-corrected chi connectivity index (χ4v) is 2.67. The summed E-state index contributed by atoms with van der Waals surface area (Å²) in [7, 11) is 0. The molecule has 4 nitrogen and oxygen atoms in total. The van der Waals surface area contributed by atoms with Crippen LogP contribution in [-0.2, 0) is 4.79 Å². The fourth-order valence-electron chi connectivity index (χ4n) is 1.89. The van der Waals surface area contributed by atoms with Gasteiger partial charge in [-0.1, -0.05) is 12.8 Å². The van der Waals surface area contributed by atoms with Crippen LogP contribution >= 0.6 is 11.8 Å². The maximum absolute atomic E-state index is 11.8. The highest BCUT2D eigenvalue weighted by Gasteiger charge is 2.18. The van der Waals surface area contributed by atoms with Gasteiger partial charge in [0.15, 0.2) is 0 Å². The number of thioether (sulfide) groups is 1. The summed E-state index contributed by atoms with van der Waals surface area (Å²) in [6.45, 7) is 1.95. The first-order valence-corrected chi connectivity index (χ1v) is 7.70. The summed E-state index contributed by atoms with van der Waals surface area (Å²) in [4.78, 5) is 11.8. The van der Waals surface area contributed by atoms with E-state index in [1.165, 1.54) is 12.8 Å². The second-order valence-corrected chi connectivity index (χ2v) is 5.56. The van der Waals surface area contributed by atoms with Gasteiger partial charge in [0.25, 0.3) is 0 Å². The third-order valence-electron chi connectivity index (χ3n) is 2.87. The molecule has 17 heavy (non-hydrogen) atoms. The zero-order chi connectivity index (χ0) is 12.3. The Labute approximate surface area is 108 Å². The van der Waals surface area contributed by atoms with E-state index >= 15 is 0 Å². The van der Waals surface area contributed by atoms with Gasteiger partial charge < -0.3 is 15.7 Å². The molecular weight excluding hydrogens is 236 g/mol. The van der Waals surface area contributed by atoms with E-state index in [4.69, 9.17) is 5.11 Å². The smallest absolute Gasteiger partial charge is 0.237 e. The largest absolute Gasteiger partial charge is 0.396 e. The Kier molecular flexibility index (Phi) is 8.48. The Balaban J connectivity index is 2.03. The Morgan fingerprint density at radius 3 is 3.06 bits per heavy atom. The maximum Gasteiger partial charge on any atom is 0.237 e. The second-order valence-electron chi connectivity index (χ2n) is 4.34. The molecule has 1 saturated heterocycles. The lowest BCUT2D eigenvalue weighted by Crippen LogP contribution is -2.44. The normalized spacial score (nSPS) is 20.9. The van der Waals surface area contributed by atoms with Gasteiger partial charge in [-0.2, -0.15) is 11.8 Å². The third-order valence-corrected chi connectivity index (χ3v) is 3.94. The molecular formula is C12H24N2O2S. The number of aliphatic hydroxyl groups excluding tert-OH is 1. The van der Waals surface area contributed by atoms with E-state index in [1.807, 2.05) is 0 Å². The van der Waals surface area contributed by atoms with Crippen molar-refractivity contribution < 1.29 is 9.90 Å². The monoisotopic (exact) mass is 260 g/mol. The van der Waals surface area contributed by atoms with Crippen LogP contribution < -0.4 is 10.6 Å². The fraction of sp³-hybridized carbons (Fsp3) is 0.917. The van der Waals surface area contributed by atoms with Gasteiger partial charge in [0, 0.05) is 18.9 Å². The molecule has 1 rings (SSSR count). The topological polar surface area (TPSA) is 61.4 Å². The molecule has 0 aromatic rings. The quantitative estimate of drug-likeness (QED) is 0.591. The second kappa shape index (κ2) is 9.74. The highest BCUT2D eigenvalue weighted by molar-refractivity contribution is 7.99. The summed E-state index contributed by atoms with van der Waals surface area (Å²) >= 11 is 1.78. The first-order valence-electron chi connectivity index (χ1n) is 6.54. The minimum atomic E-state index is 0.0138. The molecule has 0 bridgehead atoms. The van der Waals surface area contributed by atoms with Gasteiger partial charge in [0.1, 0.15) is 0 Å². The van der Waals surface area contributed by atoms with E-state index in [9.17, 15) is 4.79 Å². The number of carbonyl (C=O) groups is 1. The van der Waals surface area contributed by atoms with Crippen LogP contribution in [-0.4, -0.2) is 48.3 Å². The Bertz CT molecular complexity index is 207. The molecule has 1 aliphatic rings. The van der Waals surface area contributed by atoms with Gasteiger partial charge in [0.2, 0.25) is 5.91 Å². The van der Waals surface area contributed by atoms with Crippen LogP contribution in [0.3, 0.4) is 0 Å². The molecule has 0 spiro atoms. The van der Waals surface area contributed by atoms with Crippen LogP contribution in [0.5, 0.6) is 0 Å². The molecule has 0 aromatic heterocycles. The molecule has 0 radical (unpaired) electrons. The molecule has 1 atom stereocenters. The summed E-state index contributed by atoms with van der Waals surface area (Å²) in [6.07, 6.45) is 5.36. The van der Waals surface area contributed by atoms with Crippen LogP contribution in [0, 0.1) is 0 Å². The van der Waals surface area contributed by atoms with E-state index in [-0.39, 0.29) is 18.6 Å². The predicted molar refractivity (Wildman–Crippen MR) is 72.3 cm³/mol. The van der Waals surface area contributed by atoms with Gasteiger partial charge in [0.05, 0.1) is 6.04 Å². The van der Waals surface area contributed by atoms with Crippen LogP contribution in [0.25, 0.3) is 0 Å². The minimum absolute atomic E-state index is 0.0138. The summed E-state index contributed by atoms with van der Waals surface area (Å²) in [5.41, 5.74) is 0. The summed E-state index contributed by atoms with van der Waals surface area (Å²) in [5, 5.41) is 14.9. The third kappa shape index (κ3) is 6.91. The summed E-state index contributed by atoms with van der Waals surface area (Å²) < 4.78 is 0. The molecule has 0 saturated carbocycles. The van der Waals surface area contributed by atoms with Crippen molar-refractivity contribution in [2.75, 3.05) is 31.2 Å². The first kappa shape index (κ1) is 14.8. The van der Waals surface area contributed by atoms with Gasteiger partial charge in [-0.25, -0.2) is 0 Å². The molecule has 3 N–H and O–H groups in total. The van der Waals surface area contributed by atoms with Crippen LogP contribution in [0.1, 0.15) is 32.1 Å². The standard InChI is InChI=1S/C12H24N2O2S/c15-8-4-9-17-10-7-14-12(16)11-5-2-1-3-6-13-11/h11,13,15H,1-10H2,(H,14,16). The lowest BCUT2D eigenvalue weighted by Gasteiger charge is -2.15. The van der Waals surface area contributed by atoms with Crippen molar-refractivity contribution >= 4 is 17.7 Å². The Hall–Kier alpha value is -0.260. The Morgan fingerprint density at radius 2 is 2.24 bits per heavy atom. The molecule has 0 aromatic carbocycles. The molecule has 1 heterocycles. The molecule has 1 fully saturated rings. The summed E-state index contributed by atoms with van der Waals surface area (Å²) in [6, 6.07) is 0.0138. The van der Waals surface area contributed by atoms with Crippen molar-refractivity contribution in [2.24, 2.45) is 0 Å². The van der Waals surface area contributed by atoms with E-state index in [0.29, 0.717) is 0 Å². The number of hydrogen-bond acceptors (Lipinski definition) is 4. The van der Waals surface area contributed by atoms with E-state index in [0.717, 1.165) is 43.9 Å². The van der Waals surface area contributed by atoms with Crippen LogP contribution in [0.4, 0.5) is 0 Å². The van der Waals surface area contributed by atoms with Crippen molar-refractivity contribution in [3.05, 3.63) is 0 Å². The molecule has 1 aliphatic heterocycles. The van der Waals surface area contributed by atoms with Crippen LogP contribution in [0.2, 0.25) is 0 Å². The SMILES string of the molecule is O=C(NCCSCCCO)C1CCCCCN1. The predicted octanol–water partition coefficient (Wildman–Crippen LogP) is 0.750. The van der Waals surface area contributed by atoms with E-state index in [2.05, 4.69) is 10.6 Å².